The zero-order valence-corrected chi connectivity index (χ0v) is 15.7. The molecule has 0 saturated carbocycles. The van der Waals surface area contributed by atoms with Gasteiger partial charge in [-0.05, 0) is 11.6 Å². The fourth-order valence-corrected chi connectivity index (χ4v) is 3.88. The Morgan fingerprint density at radius 1 is 1.36 bits per heavy atom. The minimum Gasteiger partial charge on any atom is -0.341 e. The molecule has 1 amide bonds. The molecule has 10 heteroatoms. The maximum atomic E-state index is 12.8. The van der Waals surface area contributed by atoms with E-state index in [0.29, 0.717) is 4.57 Å². The van der Waals surface area contributed by atoms with E-state index in [1.165, 1.54) is 11.9 Å². The largest absolute Gasteiger partial charge is 0.341 e. The molecule has 0 spiro atoms. The molecular weight excluding hydrogens is 420 g/mol. The Labute approximate surface area is 152 Å². The van der Waals surface area contributed by atoms with E-state index < -0.39 is 33.8 Å². The van der Waals surface area contributed by atoms with E-state index in [9.17, 15) is 22.0 Å². The molecular formula is C15H16BrF2N3O3S. The summed E-state index contributed by atoms with van der Waals surface area (Å²) >= 11 is 3.36. The summed E-state index contributed by atoms with van der Waals surface area (Å²) in [7, 11) is -2.44. The molecule has 2 rings (SSSR count). The van der Waals surface area contributed by atoms with Gasteiger partial charge in [0.2, 0.25) is 5.91 Å². The van der Waals surface area contributed by atoms with Crippen molar-refractivity contribution in [3.8, 4) is 0 Å². The van der Waals surface area contributed by atoms with Crippen LogP contribution in [0.25, 0.3) is 0 Å². The summed E-state index contributed by atoms with van der Waals surface area (Å²) in [6, 6.07) is 7.25. The number of sulfone groups is 1. The first-order valence-corrected chi connectivity index (χ1v) is 9.78. The summed E-state index contributed by atoms with van der Waals surface area (Å²) in [6.07, 6.45) is 2.09. The van der Waals surface area contributed by atoms with Crippen LogP contribution in [-0.4, -0.2) is 41.6 Å². The van der Waals surface area contributed by atoms with E-state index in [0.717, 1.165) is 22.4 Å². The number of hydrogen-bond donors (Lipinski definition) is 0. The summed E-state index contributed by atoms with van der Waals surface area (Å²) in [5.74, 6) is -2.41. The van der Waals surface area contributed by atoms with Gasteiger partial charge in [0.15, 0.2) is 9.84 Å². The molecule has 25 heavy (non-hydrogen) atoms. The molecule has 0 bridgehead atoms. The van der Waals surface area contributed by atoms with Crippen molar-refractivity contribution >= 4 is 31.7 Å². The fraction of sp³-hybridized carbons (Fsp3) is 0.333. The van der Waals surface area contributed by atoms with Crippen LogP contribution in [0.2, 0.25) is 0 Å². The Hall–Kier alpha value is -1.81. The van der Waals surface area contributed by atoms with Crippen LogP contribution in [0, 0.1) is 0 Å². The number of imidazole rings is 1. The van der Waals surface area contributed by atoms with Gasteiger partial charge in [0.1, 0.15) is 17.3 Å². The third kappa shape index (κ3) is 5.33. The highest BCUT2D eigenvalue weighted by Gasteiger charge is 2.24. The zero-order valence-electron chi connectivity index (χ0n) is 13.3. The molecule has 1 heterocycles. The van der Waals surface area contributed by atoms with Crippen molar-refractivity contribution in [1.82, 2.24) is 14.5 Å². The maximum absolute atomic E-state index is 12.8. The predicted molar refractivity (Wildman–Crippen MR) is 91.6 cm³/mol. The molecule has 0 radical (unpaired) electrons. The molecule has 6 nitrogen and oxygen atoms in total. The van der Waals surface area contributed by atoms with Gasteiger partial charge in [-0.3, -0.25) is 9.36 Å². The highest BCUT2D eigenvalue weighted by Crippen LogP contribution is 2.18. The number of carbonyl (C=O) groups excluding carboxylic acids is 1. The Morgan fingerprint density at radius 2 is 2.04 bits per heavy atom. The van der Waals surface area contributed by atoms with Gasteiger partial charge in [-0.15, -0.1) is 0 Å². The molecule has 2 aromatic rings. The lowest BCUT2D eigenvalue weighted by atomic mass is 10.2. The van der Waals surface area contributed by atoms with Crippen molar-refractivity contribution in [3.05, 3.63) is 52.5 Å². The van der Waals surface area contributed by atoms with Crippen LogP contribution < -0.4 is 0 Å². The molecule has 1 aromatic carbocycles. The minimum absolute atomic E-state index is 0.224. The summed E-state index contributed by atoms with van der Waals surface area (Å²) in [6.45, 7) is -2.66. The number of amides is 1. The van der Waals surface area contributed by atoms with Crippen LogP contribution in [0.15, 0.2) is 41.1 Å². The average molecular weight is 436 g/mol. The Kier molecular flexibility index (Phi) is 6.28. The van der Waals surface area contributed by atoms with Gasteiger partial charge in [-0.1, -0.05) is 34.1 Å². The van der Waals surface area contributed by atoms with Gasteiger partial charge in [0.25, 0.3) is 0 Å². The van der Waals surface area contributed by atoms with Crippen LogP contribution in [0.1, 0.15) is 17.9 Å². The van der Waals surface area contributed by atoms with Gasteiger partial charge in [-0.25, -0.2) is 13.4 Å². The summed E-state index contributed by atoms with van der Waals surface area (Å²) in [5.41, 5.74) is 0.823. The zero-order chi connectivity index (χ0) is 18.6. The van der Waals surface area contributed by atoms with E-state index in [1.54, 1.807) is 6.07 Å². The van der Waals surface area contributed by atoms with Crippen molar-refractivity contribution in [3.63, 3.8) is 0 Å². The monoisotopic (exact) mass is 435 g/mol. The lowest BCUT2D eigenvalue weighted by Crippen LogP contribution is -2.33. The van der Waals surface area contributed by atoms with Gasteiger partial charge in [0, 0.05) is 30.5 Å². The molecule has 0 aliphatic carbocycles. The first-order chi connectivity index (χ1) is 11.7. The van der Waals surface area contributed by atoms with Gasteiger partial charge in [0.05, 0.1) is 0 Å². The molecule has 0 fully saturated rings. The van der Waals surface area contributed by atoms with Gasteiger partial charge in [-0.2, -0.15) is 8.78 Å². The highest BCUT2D eigenvalue weighted by molar-refractivity contribution is 9.10. The fourth-order valence-electron chi connectivity index (χ4n) is 2.15. The number of benzene rings is 1. The van der Waals surface area contributed by atoms with Crippen LogP contribution in [-0.2, 0) is 26.9 Å². The number of aromatic nitrogens is 2. The molecule has 0 saturated heterocycles. The van der Waals surface area contributed by atoms with E-state index >= 15 is 0 Å². The maximum Gasteiger partial charge on any atom is 0.319 e. The third-order valence-electron chi connectivity index (χ3n) is 3.44. The number of carbonyl (C=O) groups is 1. The van der Waals surface area contributed by atoms with E-state index in [1.807, 2.05) is 18.2 Å². The molecule has 0 atom stereocenters. The number of halogens is 3. The summed E-state index contributed by atoms with van der Waals surface area (Å²) in [4.78, 5) is 17.1. The third-order valence-corrected chi connectivity index (χ3v) is 5.60. The topological polar surface area (TPSA) is 72.3 Å². The number of alkyl halides is 2. The first-order valence-electron chi connectivity index (χ1n) is 7.17. The first kappa shape index (κ1) is 19.5. The van der Waals surface area contributed by atoms with Crippen LogP contribution in [0.3, 0.4) is 0 Å². The molecule has 1 aromatic heterocycles. The van der Waals surface area contributed by atoms with Crippen LogP contribution in [0.4, 0.5) is 8.78 Å². The number of rotatable bonds is 7. The van der Waals surface area contributed by atoms with Gasteiger partial charge >= 0.3 is 6.55 Å². The average Bonchev–Trinajstić information content (AvgIpc) is 2.96. The van der Waals surface area contributed by atoms with Crippen molar-refractivity contribution < 1.29 is 22.0 Å². The molecule has 0 aliphatic rings. The predicted octanol–water partition coefficient (Wildman–Crippen LogP) is 2.61. The second-order valence-corrected chi connectivity index (χ2v) is 8.32. The van der Waals surface area contributed by atoms with Crippen molar-refractivity contribution in [1.29, 1.82) is 0 Å². The summed E-state index contributed by atoms with van der Waals surface area (Å²) in [5, 5.41) is 0. The summed E-state index contributed by atoms with van der Waals surface area (Å²) < 4.78 is 51.1. The van der Waals surface area contributed by atoms with Gasteiger partial charge < -0.3 is 4.90 Å². The smallest absolute Gasteiger partial charge is 0.319 e. The Balaban J connectivity index is 2.03. The minimum atomic E-state index is -3.93. The molecule has 0 aliphatic heterocycles. The Morgan fingerprint density at radius 3 is 2.68 bits per heavy atom. The second kappa shape index (κ2) is 8.05. The van der Waals surface area contributed by atoms with Crippen molar-refractivity contribution in [2.45, 2.75) is 18.8 Å². The van der Waals surface area contributed by atoms with E-state index in [4.69, 9.17) is 0 Å². The second-order valence-electron chi connectivity index (χ2n) is 5.40. The Bertz CT molecular complexity index is 855. The van der Waals surface area contributed by atoms with Crippen LogP contribution in [0.5, 0.6) is 0 Å². The van der Waals surface area contributed by atoms with E-state index in [-0.39, 0.29) is 12.4 Å². The molecule has 136 valence electrons. The number of hydrogen-bond acceptors (Lipinski definition) is 4. The van der Waals surface area contributed by atoms with Crippen LogP contribution >= 0.6 is 15.9 Å². The lowest BCUT2D eigenvalue weighted by Gasteiger charge is -2.18. The standard InChI is InChI=1S/C15H16BrF2N3O3S/c1-20(8-11-4-2-3-5-12(11)16)14(22)10-25(23,24)9-13-19-6-7-21(13)15(17)18/h2-7,15H,8-10H2,1H3. The van der Waals surface area contributed by atoms with Crippen molar-refractivity contribution in [2.24, 2.45) is 0 Å². The van der Waals surface area contributed by atoms with E-state index in [2.05, 4.69) is 20.9 Å². The highest BCUT2D eigenvalue weighted by atomic mass is 79.9. The molecule has 0 N–H and O–H groups in total. The number of nitrogens with zero attached hydrogens (tertiary/aromatic N) is 3. The van der Waals surface area contributed by atoms with Crippen molar-refractivity contribution in [2.75, 3.05) is 12.8 Å². The normalized spacial score (nSPS) is 11.7. The molecule has 0 unspecified atom stereocenters. The lowest BCUT2D eigenvalue weighted by molar-refractivity contribution is -0.127. The SMILES string of the molecule is CN(Cc1ccccc1Br)C(=O)CS(=O)(=O)Cc1nccn1C(F)F. The quantitative estimate of drug-likeness (QED) is 0.669.